The maximum absolute atomic E-state index is 12.3. The number of ether oxygens (including phenoxy) is 1. The van der Waals surface area contributed by atoms with Crippen LogP contribution in [0, 0.1) is 0 Å². The van der Waals surface area contributed by atoms with Gasteiger partial charge in [-0.3, -0.25) is 14.5 Å². The number of anilines is 1. The van der Waals surface area contributed by atoms with Crippen LogP contribution < -0.4 is 10.1 Å². The number of carbonyl (C=O) groups is 2. The molecule has 0 bridgehead atoms. The molecular formula is C22H29N3O3. The molecule has 0 atom stereocenters. The van der Waals surface area contributed by atoms with Crippen molar-refractivity contribution in [3.63, 3.8) is 0 Å². The molecule has 2 amide bonds. The third kappa shape index (κ3) is 6.09. The lowest BCUT2D eigenvalue weighted by Gasteiger charge is -2.19. The van der Waals surface area contributed by atoms with Crippen LogP contribution in [0.3, 0.4) is 0 Å². The molecule has 0 heterocycles. The Hall–Kier alpha value is -2.86. The molecule has 0 aliphatic rings. The van der Waals surface area contributed by atoms with E-state index in [1.807, 2.05) is 50.1 Å². The second-order valence-electron chi connectivity index (χ2n) is 6.62. The molecule has 0 spiro atoms. The first-order valence-electron chi connectivity index (χ1n) is 9.47. The Balaban J connectivity index is 1.87. The predicted molar refractivity (Wildman–Crippen MR) is 112 cm³/mol. The van der Waals surface area contributed by atoms with Gasteiger partial charge in [0.05, 0.1) is 13.7 Å². The van der Waals surface area contributed by atoms with Crippen molar-refractivity contribution in [1.82, 2.24) is 9.80 Å². The van der Waals surface area contributed by atoms with Gasteiger partial charge in [0.15, 0.2) is 0 Å². The summed E-state index contributed by atoms with van der Waals surface area (Å²) < 4.78 is 5.15. The second kappa shape index (κ2) is 10.5. The largest absolute Gasteiger partial charge is 0.497 e. The highest BCUT2D eigenvalue weighted by Crippen LogP contribution is 2.14. The summed E-state index contributed by atoms with van der Waals surface area (Å²) in [6, 6.07) is 14.8. The molecule has 0 fully saturated rings. The van der Waals surface area contributed by atoms with Crippen molar-refractivity contribution in [3.8, 4) is 5.75 Å². The molecule has 0 aromatic heterocycles. The van der Waals surface area contributed by atoms with E-state index in [4.69, 9.17) is 4.74 Å². The second-order valence-corrected chi connectivity index (χ2v) is 6.62. The predicted octanol–water partition coefficient (Wildman–Crippen LogP) is 3.25. The number of benzene rings is 2. The Bertz CT molecular complexity index is 769. The van der Waals surface area contributed by atoms with Crippen LogP contribution in [0.1, 0.15) is 29.8 Å². The first-order chi connectivity index (χ1) is 13.5. The summed E-state index contributed by atoms with van der Waals surface area (Å²) in [5, 5.41) is 2.87. The average Bonchev–Trinajstić information content (AvgIpc) is 2.69. The lowest BCUT2D eigenvalue weighted by molar-refractivity contribution is -0.117. The van der Waals surface area contributed by atoms with Gasteiger partial charge in [0.25, 0.3) is 5.91 Å². The lowest BCUT2D eigenvalue weighted by Crippen LogP contribution is -2.30. The number of methoxy groups -OCH3 is 1. The van der Waals surface area contributed by atoms with Crippen molar-refractivity contribution >= 4 is 17.5 Å². The summed E-state index contributed by atoms with van der Waals surface area (Å²) in [5.41, 5.74) is 2.41. The molecule has 6 heteroatoms. The highest BCUT2D eigenvalue weighted by Gasteiger charge is 2.13. The summed E-state index contributed by atoms with van der Waals surface area (Å²) in [5.74, 6) is 0.716. The van der Waals surface area contributed by atoms with Crippen molar-refractivity contribution in [2.45, 2.75) is 20.4 Å². The van der Waals surface area contributed by atoms with Gasteiger partial charge in [-0.2, -0.15) is 0 Å². The molecule has 0 radical (unpaired) electrons. The fourth-order valence-electron chi connectivity index (χ4n) is 2.93. The standard InChI is InChI=1S/C22H29N3O3/c1-5-25(6-2)22(27)18-9-11-19(12-10-18)23-21(26)16-24(3)15-17-7-13-20(28-4)14-8-17/h7-14H,5-6,15-16H2,1-4H3,(H,23,26). The number of likely N-dealkylation sites (N-methyl/N-ethyl adjacent to an activating group) is 1. The van der Waals surface area contributed by atoms with Crippen LogP contribution in [0.2, 0.25) is 0 Å². The minimum atomic E-state index is -0.0983. The Kier molecular flexibility index (Phi) is 8.02. The van der Waals surface area contributed by atoms with Gasteiger partial charge in [-0.15, -0.1) is 0 Å². The van der Waals surface area contributed by atoms with Crippen molar-refractivity contribution < 1.29 is 14.3 Å². The molecule has 0 saturated heterocycles. The Morgan fingerprint density at radius 3 is 2.11 bits per heavy atom. The van der Waals surface area contributed by atoms with Crippen molar-refractivity contribution in [3.05, 3.63) is 59.7 Å². The molecule has 2 aromatic carbocycles. The molecule has 6 nitrogen and oxygen atoms in total. The minimum Gasteiger partial charge on any atom is -0.497 e. The van der Waals surface area contributed by atoms with Gasteiger partial charge >= 0.3 is 0 Å². The van der Waals surface area contributed by atoms with Crippen LogP contribution >= 0.6 is 0 Å². The average molecular weight is 383 g/mol. The molecule has 2 rings (SSSR count). The molecule has 0 unspecified atom stereocenters. The monoisotopic (exact) mass is 383 g/mol. The van der Waals surface area contributed by atoms with Crippen LogP contribution in [0.4, 0.5) is 5.69 Å². The van der Waals surface area contributed by atoms with Crippen LogP contribution in [-0.2, 0) is 11.3 Å². The van der Waals surface area contributed by atoms with Crippen molar-refractivity contribution in [2.75, 3.05) is 39.1 Å². The lowest BCUT2D eigenvalue weighted by atomic mass is 10.1. The summed E-state index contributed by atoms with van der Waals surface area (Å²) in [4.78, 5) is 28.3. The summed E-state index contributed by atoms with van der Waals surface area (Å²) in [6.45, 7) is 6.19. The Labute approximate surface area is 167 Å². The van der Waals surface area contributed by atoms with E-state index in [0.717, 1.165) is 11.3 Å². The summed E-state index contributed by atoms with van der Waals surface area (Å²) >= 11 is 0. The number of carbonyl (C=O) groups excluding carboxylic acids is 2. The van der Waals surface area contributed by atoms with Gasteiger partial charge in [0.2, 0.25) is 5.91 Å². The van der Waals surface area contributed by atoms with Crippen molar-refractivity contribution in [1.29, 1.82) is 0 Å². The molecule has 2 aromatic rings. The quantitative estimate of drug-likeness (QED) is 0.722. The molecular weight excluding hydrogens is 354 g/mol. The number of nitrogens with one attached hydrogen (secondary N) is 1. The zero-order chi connectivity index (χ0) is 20.5. The van der Waals surface area contributed by atoms with Crippen LogP contribution in [0.5, 0.6) is 5.75 Å². The van der Waals surface area contributed by atoms with Gasteiger partial charge in [0.1, 0.15) is 5.75 Å². The number of hydrogen-bond acceptors (Lipinski definition) is 4. The SMILES string of the molecule is CCN(CC)C(=O)c1ccc(NC(=O)CN(C)Cc2ccc(OC)cc2)cc1. The number of nitrogens with zero attached hydrogens (tertiary/aromatic N) is 2. The fraction of sp³-hybridized carbons (Fsp3) is 0.364. The molecule has 150 valence electrons. The molecule has 1 N–H and O–H groups in total. The first kappa shape index (κ1) is 21.4. The van der Waals surface area contributed by atoms with E-state index >= 15 is 0 Å². The topological polar surface area (TPSA) is 61.9 Å². The smallest absolute Gasteiger partial charge is 0.253 e. The third-order valence-electron chi connectivity index (χ3n) is 4.49. The van der Waals surface area contributed by atoms with E-state index in [1.54, 1.807) is 36.3 Å². The van der Waals surface area contributed by atoms with E-state index in [1.165, 1.54) is 0 Å². The number of amides is 2. The van der Waals surface area contributed by atoms with Crippen LogP contribution in [0.15, 0.2) is 48.5 Å². The van der Waals surface area contributed by atoms with Crippen LogP contribution in [0.25, 0.3) is 0 Å². The molecule has 0 aliphatic carbocycles. The maximum atomic E-state index is 12.3. The van der Waals surface area contributed by atoms with Gasteiger partial charge < -0.3 is 15.0 Å². The summed E-state index contributed by atoms with van der Waals surface area (Å²) in [7, 11) is 3.53. The maximum Gasteiger partial charge on any atom is 0.253 e. The fourth-order valence-corrected chi connectivity index (χ4v) is 2.93. The van der Waals surface area contributed by atoms with E-state index in [-0.39, 0.29) is 18.4 Å². The van der Waals surface area contributed by atoms with Crippen LogP contribution in [-0.4, -0.2) is 55.4 Å². The zero-order valence-corrected chi connectivity index (χ0v) is 17.1. The normalized spacial score (nSPS) is 10.6. The Morgan fingerprint density at radius 1 is 0.964 bits per heavy atom. The van der Waals surface area contributed by atoms with E-state index in [2.05, 4.69) is 5.32 Å². The molecule has 0 aliphatic heterocycles. The first-order valence-corrected chi connectivity index (χ1v) is 9.47. The van der Waals surface area contributed by atoms with E-state index in [9.17, 15) is 9.59 Å². The zero-order valence-electron chi connectivity index (χ0n) is 17.1. The van der Waals surface area contributed by atoms with E-state index < -0.39 is 0 Å². The number of hydrogen-bond donors (Lipinski definition) is 1. The molecule has 28 heavy (non-hydrogen) atoms. The summed E-state index contributed by atoms with van der Waals surface area (Å²) in [6.07, 6.45) is 0. The molecule has 0 saturated carbocycles. The van der Waals surface area contributed by atoms with Gasteiger partial charge in [-0.05, 0) is 62.9 Å². The van der Waals surface area contributed by atoms with E-state index in [0.29, 0.717) is 30.9 Å². The number of rotatable bonds is 9. The highest BCUT2D eigenvalue weighted by atomic mass is 16.5. The van der Waals surface area contributed by atoms with Gasteiger partial charge in [0, 0.05) is 30.9 Å². The Morgan fingerprint density at radius 2 is 1.57 bits per heavy atom. The minimum absolute atomic E-state index is 0.00195. The third-order valence-corrected chi connectivity index (χ3v) is 4.49. The highest BCUT2D eigenvalue weighted by molar-refractivity contribution is 5.96. The van der Waals surface area contributed by atoms with Gasteiger partial charge in [-0.25, -0.2) is 0 Å². The van der Waals surface area contributed by atoms with Crippen molar-refractivity contribution in [2.24, 2.45) is 0 Å². The van der Waals surface area contributed by atoms with Gasteiger partial charge in [-0.1, -0.05) is 12.1 Å².